The second-order valence-electron chi connectivity index (χ2n) is 6.58. The lowest BCUT2D eigenvalue weighted by Gasteiger charge is -2.07. The molecule has 4 rings (SSSR count). The zero-order valence-electron chi connectivity index (χ0n) is 15.9. The summed E-state index contributed by atoms with van der Waals surface area (Å²) in [7, 11) is 0. The molecule has 29 heavy (non-hydrogen) atoms. The zero-order chi connectivity index (χ0) is 20.7. The zero-order valence-corrected chi connectivity index (χ0v) is 16.7. The molecule has 0 unspecified atom stereocenters. The molecule has 0 saturated heterocycles. The molecule has 2 N–H and O–H groups in total. The van der Waals surface area contributed by atoms with Crippen LogP contribution in [0.15, 0.2) is 36.4 Å². The summed E-state index contributed by atoms with van der Waals surface area (Å²) in [4.78, 5) is 15.0. The van der Waals surface area contributed by atoms with Crippen LogP contribution >= 0.6 is 11.3 Å². The number of thiophene rings is 1. The Labute approximate surface area is 169 Å². The Kier molecular flexibility index (Phi) is 4.75. The molecule has 0 radical (unpaired) electrons. The molecule has 0 bridgehead atoms. The second kappa shape index (κ2) is 7.25. The molecule has 4 aromatic rings. The third kappa shape index (κ3) is 3.56. The van der Waals surface area contributed by atoms with Gasteiger partial charge >= 0.3 is 0 Å². The van der Waals surface area contributed by atoms with Crippen LogP contribution in [-0.4, -0.2) is 25.9 Å². The van der Waals surface area contributed by atoms with E-state index in [1.165, 1.54) is 15.6 Å². The minimum atomic E-state index is -0.759. The van der Waals surface area contributed by atoms with Gasteiger partial charge in [0.25, 0.3) is 5.91 Å². The van der Waals surface area contributed by atoms with E-state index in [0.717, 1.165) is 22.7 Å². The summed E-state index contributed by atoms with van der Waals surface area (Å²) >= 11 is 1.62. The summed E-state index contributed by atoms with van der Waals surface area (Å²) in [5.74, 6) is -1.48. The standard InChI is InChI=1S/C20H17F2N5OS/c1-10-4-7-17(29-10)15-9-18(25-24-15)23-20(28)19-11(2)26-27(12(19)3)16-6-5-13(21)8-14(16)22/h4-9H,1-3H3,(H2,23,24,25,28). The lowest BCUT2D eigenvalue weighted by atomic mass is 10.2. The van der Waals surface area contributed by atoms with E-state index in [1.807, 2.05) is 19.1 Å². The van der Waals surface area contributed by atoms with E-state index in [4.69, 9.17) is 0 Å². The molecule has 6 nitrogen and oxygen atoms in total. The number of hydrogen-bond donors (Lipinski definition) is 2. The highest BCUT2D eigenvalue weighted by atomic mass is 32.1. The summed E-state index contributed by atoms with van der Waals surface area (Å²) < 4.78 is 28.7. The molecule has 3 aromatic heterocycles. The highest BCUT2D eigenvalue weighted by molar-refractivity contribution is 7.15. The van der Waals surface area contributed by atoms with E-state index in [-0.39, 0.29) is 5.69 Å². The molecule has 0 fully saturated rings. The van der Waals surface area contributed by atoms with Crippen LogP contribution in [0.3, 0.4) is 0 Å². The molecule has 0 atom stereocenters. The number of carbonyl (C=O) groups is 1. The summed E-state index contributed by atoms with van der Waals surface area (Å²) in [5, 5.41) is 14.0. The lowest BCUT2D eigenvalue weighted by Crippen LogP contribution is -2.14. The van der Waals surface area contributed by atoms with Crippen molar-refractivity contribution in [2.75, 3.05) is 5.32 Å². The van der Waals surface area contributed by atoms with Crippen molar-refractivity contribution in [1.82, 2.24) is 20.0 Å². The van der Waals surface area contributed by atoms with Crippen LogP contribution in [-0.2, 0) is 0 Å². The van der Waals surface area contributed by atoms with Crippen molar-refractivity contribution in [3.8, 4) is 16.3 Å². The number of aromatic nitrogens is 4. The number of halogens is 2. The van der Waals surface area contributed by atoms with E-state index >= 15 is 0 Å². The third-order valence-electron chi connectivity index (χ3n) is 4.48. The summed E-state index contributed by atoms with van der Waals surface area (Å²) in [6.45, 7) is 5.33. The van der Waals surface area contributed by atoms with Gasteiger partial charge in [-0.1, -0.05) is 0 Å². The number of rotatable bonds is 4. The molecule has 148 valence electrons. The monoisotopic (exact) mass is 413 g/mol. The number of aryl methyl sites for hydroxylation is 2. The van der Waals surface area contributed by atoms with Gasteiger partial charge in [-0.05, 0) is 45.0 Å². The van der Waals surface area contributed by atoms with Crippen LogP contribution in [0, 0.1) is 32.4 Å². The predicted octanol–water partition coefficient (Wildman–Crippen LogP) is 4.78. The Morgan fingerprint density at radius 3 is 2.62 bits per heavy atom. The van der Waals surface area contributed by atoms with Crippen molar-refractivity contribution >= 4 is 23.1 Å². The topological polar surface area (TPSA) is 75.6 Å². The molecule has 3 heterocycles. The Morgan fingerprint density at radius 1 is 1.14 bits per heavy atom. The van der Waals surface area contributed by atoms with Gasteiger partial charge in [-0.15, -0.1) is 11.3 Å². The van der Waals surface area contributed by atoms with Crippen LogP contribution in [0.25, 0.3) is 16.3 Å². The Bertz CT molecular complexity index is 1220. The fourth-order valence-corrected chi connectivity index (χ4v) is 3.96. The molecule has 1 amide bonds. The first-order chi connectivity index (χ1) is 13.8. The lowest BCUT2D eigenvalue weighted by molar-refractivity contribution is 0.102. The number of anilines is 1. The van der Waals surface area contributed by atoms with E-state index in [0.29, 0.717) is 22.8 Å². The van der Waals surface area contributed by atoms with Gasteiger partial charge in [0.1, 0.15) is 11.5 Å². The number of nitrogens with zero attached hydrogens (tertiary/aromatic N) is 3. The number of hydrogen-bond acceptors (Lipinski definition) is 4. The van der Waals surface area contributed by atoms with Crippen molar-refractivity contribution < 1.29 is 13.6 Å². The van der Waals surface area contributed by atoms with E-state index in [9.17, 15) is 13.6 Å². The van der Waals surface area contributed by atoms with Gasteiger partial charge in [0, 0.05) is 17.0 Å². The van der Waals surface area contributed by atoms with Crippen LogP contribution in [0.5, 0.6) is 0 Å². The van der Waals surface area contributed by atoms with Crippen LogP contribution in [0.4, 0.5) is 14.6 Å². The van der Waals surface area contributed by atoms with E-state index in [2.05, 4.69) is 20.6 Å². The van der Waals surface area contributed by atoms with Gasteiger partial charge in [-0.3, -0.25) is 9.89 Å². The van der Waals surface area contributed by atoms with Crippen molar-refractivity contribution in [3.63, 3.8) is 0 Å². The second-order valence-corrected chi connectivity index (χ2v) is 7.87. The van der Waals surface area contributed by atoms with E-state index < -0.39 is 17.5 Å². The van der Waals surface area contributed by atoms with Crippen molar-refractivity contribution in [1.29, 1.82) is 0 Å². The number of aromatic amines is 1. The predicted molar refractivity (Wildman–Crippen MR) is 108 cm³/mol. The summed E-state index contributed by atoms with van der Waals surface area (Å²) in [5.41, 5.74) is 2.05. The Morgan fingerprint density at radius 2 is 1.93 bits per heavy atom. The molecular formula is C20H17F2N5OS. The Hall–Kier alpha value is -3.33. The largest absolute Gasteiger partial charge is 0.305 e. The molecule has 0 aliphatic rings. The number of benzene rings is 1. The molecule has 0 spiro atoms. The smallest absolute Gasteiger partial charge is 0.260 e. The number of nitrogens with one attached hydrogen (secondary N) is 2. The fourth-order valence-electron chi connectivity index (χ4n) is 3.13. The van der Waals surface area contributed by atoms with Crippen LogP contribution < -0.4 is 5.32 Å². The molecular weight excluding hydrogens is 396 g/mol. The highest BCUT2D eigenvalue weighted by Crippen LogP contribution is 2.28. The number of carbonyl (C=O) groups excluding carboxylic acids is 1. The first-order valence-corrected chi connectivity index (χ1v) is 9.60. The summed E-state index contributed by atoms with van der Waals surface area (Å²) in [6.07, 6.45) is 0. The molecule has 9 heteroatoms. The van der Waals surface area contributed by atoms with Gasteiger partial charge in [0.05, 0.1) is 27.5 Å². The average molecular weight is 413 g/mol. The molecule has 1 aromatic carbocycles. The van der Waals surface area contributed by atoms with Crippen molar-refractivity contribution in [2.45, 2.75) is 20.8 Å². The SMILES string of the molecule is Cc1ccc(-c2cc(NC(=O)c3c(C)nn(-c4ccc(F)cc4F)c3C)n[nH]2)s1. The maximum absolute atomic E-state index is 14.2. The van der Waals surface area contributed by atoms with Gasteiger partial charge in [-0.25, -0.2) is 13.5 Å². The normalized spacial score (nSPS) is 11.1. The quantitative estimate of drug-likeness (QED) is 0.506. The maximum atomic E-state index is 14.2. The summed E-state index contributed by atoms with van der Waals surface area (Å²) in [6, 6.07) is 8.95. The molecule has 0 aliphatic carbocycles. The number of amides is 1. The minimum absolute atomic E-state index is 0.0705. The fraction of sp³-hybridized carbons (Fsp3) is 0.150. The number of H-pyrrole nitrogens is 1. The van der Waals surface area contributed by atoms with Crippen LogP contribution in [0.1, 0.15) is 26.6 Å². The first-order valence-electron chi connectivity index (χ1n) is 8.78. The van der Waals surface area contributed by atoms with Gasteiger partial charge in [0.15, 0.2) is 11.6 Å². The minimum Gasteiger partial charge on any atom is -0.305 e. The molecule has 0 saturated carbocycles. The molecule has 0 aliphatic heterocycles. The average Bonchev–Trinajstić information content (AvgIpc) is 3.35. The third-order valence-corrected chi connectivity index (χ3v) is 5.52. The van der Waals surface area contributed by atoms with Crippen molar-refractivity contribution in [3.05, 3.63) is 69.9 Å². The highest BCUT2D eigenvalue weighted by Gasteiger charge is 2.22. The van der Waals surface area contributed by atoms with Gasteiger partial charge in [-0.2, -0.15) is 10.2 Å². The van der Waals surface area contributed by atoms with E-state index in [1.54, 1.807) is 31.3 Å². The van der Waals surface area contributed by atoms with Gasteiger partial charge in [0.2, 0.25) is 0 Å². The van der Waals surface area contributed by atoms with Crippen molar-refractivity contribution in [2.24, 2.45) is 0 Å². The maximum Gasteiger partial charge on any atom is 0.260 e. The Balaban J connectivity index is 1.61. The van der Waals surface area contributed by atoms with Gasteiger partial charge < -0.3 is 5.32 Å². The van der Waals surface area contributed by atoms with Crippen LogP contribution in [0.2, 0.25) is 0 Å². The first kappa shape index (κ1) is 19.0.